The molecule has 37 heavy (non-hydrogen) atoms. The molecule has 1 N–H and O–H groups in total. The minimum Gasteiger partial charge on any atom is -0.485 e. The highest BCUT2D eigenvalue weighted by atomic mass is 35.5. The number of nitrogens with one attached hydrogen (secondary N) is 1. The monoisotopic (exact) mass is 510 g/mol. The van der Waals surface area contributed by atoms with Gasteiger partial charge in [-0.05, 0) is 29.8 Å². The van der Waals surface area contributed by atoms with Crippen LogP contribution in [-0.2, 0) is 13.7 Å². The van der Waals surface area contributed by atoms with Crippen LogP contribution in [0.2, 0.25) is 5.02 Å². The van der Waals surface area contributed by atoms with Gasteiger partial charge in [0.2, 0.25) is 0 Å². The van der Waals surface area contributed by atoms with Gasteiger partial charge in [-0.3, -0.25) is 14.5 Å². The third-order valence-corrected chi connectivity index (χ3v) is 6.37. The number of H-pyrrole nitrogens is 1. The number of aromatic nitrogens is 6. The number of rotatable bonds is 5. The zero-order chi connectivity index (χ0) is 25.5. The fourth-order valence-electron chi connectivity index (χ4n) is 4.37. The molecule has 0 amide bonds. The van der Waals surface area contributed by atoms with Gasteiger partial charge in [0.05, 0.1) is 27.8 Å². The Morgan fingerprint density at radius 2 is 1.86 bits per heavy atom. The van der Waals surface area contributed by atoms with Crippen LogP contribution in [0.5, 0.6) is 5.75 Å². The van der Waals surface area contributed by atoms with Gasteiger partial charge in [0.1, 0.15) is 18.7 Å². The standard InChI is InChI=1S/C27H19ClN6O3/c1-33-15-30-24(32-33)14-37-23-8-4-7-20(28)25(23)16-9-10-19-21(11-16)31-27(36)34(26(19)35)22-13-29-12-17-5-2-3-6-18(17)22/h2-13,15H,14H2,1H3,(H,31,36). The predicted molar refractivity (Wildman–Crippen MR) is 141 cm³/mol. The third-order valence-electron chi connectivity index (χ3n) is 6.05. The number of hydrogen-bond donors (Lipinski definition) is 1. The molecular formula is C27H19ClN6O3. The van der Waals surface area contributed by atoms with Crippen LogP contribution in [0.3, 0.4) is 0 Å². The van der Waals surface area contributed by atoms with Gasteiger partial charge in [0, 0.05) is 29.6 Å². The zero-order valence-corrected chi connectivity index (χ0v) is 20.3. The van der Waals surface area contributed by atoms with Gasteiger partial charge in [-0.25, -0.2) is 14.3 Å². The first-order valence-electron chi connectivity index (χ1n) is 11.4. The van der Waals surface area contributed by atoms with Crippen molar-refractivity contribution in [1.82, 2.24) is 29.3 Å². The molecule has 0 aliphatic rings. The normalized spacial score (nSPS) is 11.3. The van der Waals surface area contributed by atoms with Crippen molar-refractivity contribution in [2.75, 3.05) is 0 Å². The summed E-state index contributed by atoms with van der Waals surface area (Å²) < 4.78 is 8.69. The molecule has 6 aromatic rings. The van der Waals surface area contributed by atoms with Crippen LogP contribution in [-0.4, -0.2) is 29.3 Å². The van der Waals surface area contributed by atoms with Crippen molar-refractivity contribution in [3.05, 3.63) is 111 Å². The summed E-state index contributed by atoms with van der Waals surface area (Å²) in [6.07, 6.45) is 4.81. The highest BCUT2D eigenvalue weighted by Crippen LogP contribution is 2.37. The maximum absolute atomic E-state index is 13.5. The number of fused-ring (bicyclic) bond motifs is 2. The van der Waals surface area contributed by atoms with Crippen molar-refractivity contribution >= 4 is 33.3 Å². The molecule has 182 valence electrons. The van der Waals surface area contributed by atoms with Gasteiger partial charge < -0.3 is 9.72 Å². The number of halogens is 1. The number of hydrogen-bond acceptors (Lipinski definition) is 6. The zero-order valence-electron chi connectivity index (χ0n) is 19.6. The molecule has 0 aliphatic carbocycles. The summed E-state index contributed by atoms with van der Waals surface area (Å²) in [7, 11) is 1.78. The lowest BCUT2D eigenvalue weighted by Gasteiger charge is -2.14. The average molecular weight is 511 g/mol. The van der Waals surface area contributed by atoms with E-state index in [4.69, 9.17) is 16.3 Å². The van der Waals surface area contributed by atoms with E-state index in [9.17, 15) is 9.59 Å². The number of pyridine rings is 1. The number of aromatic amines is 1. The molecule has 0 saturated heterocycles. The predicted octanol–water partition coefficient (Wildman–Crippen LogP) is 4.26. The Bertz CT molecular complexity index is 1920. The highest BCUT2D eigenvalue weighted by molar-refractivity contribution is 6.33. The van der Waals surface area contributed by atoms with Crippen LogP contribution in [0.25, 0.3) is 38.5 Å². The van der Waals surface area contributed by atoms with Crippen molar-refractivity contribution in [3.63, 3.8) is 0 Å². The molecule has 0 fully saturated rings. The summed E-state index contributed by atoms with van der Waals surface area (Å²) in [4.78, 5) is 37.9. The van der Waals surface area contributed by atoms with Gasteiger partial charge in [-0.2, -0.15) is 5.10 Å². The summed E-state index contributed by atoms with van der Waals surface area (Å²) in [6.45, 7) is 0.155. The third kappa shape index (κ3) is 4.05. The fourth-order valence-corrected chi connectivity index (χ4v) is 4.64. The molecule has 0 radical (unpaired) electrons. The molecule has 0 spiro atoms. The SMILES string of the molecule is Cn1cnc(COc2cccc(Cl)c2-c2ccc3c(=O)n(-c4cncc5ccccc45)c(=O)[nH]c3c2)n1. The first kappa shape index (κ1) is 22.7. The second kappa shape index (κ2) is 9.03. The highest BCUT2D eigenvalue weighted by Gasteiger charge is 2.16. The first-order valence-corrected chi connectivity index (χ1v) is 11.8. The molecule has 0 atom stereocenters. The van der Waals surface area contributed by atoms with Crippen LogP contribution >= 0.6 is 11.6 Å². The molecule has 0 aliphatic heterocycles. The molecule has 6 rings (SSSR count). The lowest BCUT2D eigenvalue weighted by Crippen LogP contribution is -2.33. The van der Waals surface area contributed by atoms with Crippen LogP contribution < -0.4 is 16.0 Å². The lowest BCUT2D eigenvalue weighted by molar-refractivity contribution is 0.297. The second-order valence-electron chi connectivity index (χ2n) is 8.45. The minimum absolute atomic E-state index is 0.155. The van der Waals surface area contributed by atoms with Gasteiger partial charge in [0.25, 0.3) is 5.56 Å². The largest absolute Gasteiger partial charge is 0.485 e. The summed E-state index contributed by atoms with van der Waals surface area (Å²) in [5.74, 6) is 1.05. The van der Waals surface area contributed by atoms with Gasteiger partial charge in [-0.15, -0.1) is 0 Å². The van der Waals surface area contributed by atoms with Crippen LogP contribution in [0.1, 0.15) is 5.82 Å². The van der Waals surface area contributed by atoms with Crippen LogP contribution in [0.4, 0.5) is 0 Å². The van der Waals surface area contributed by atoms with Crippen LogP contribution in [0, 0.1) is 0 Å². The number of aryl methyl sites for hydroxylation is 1. The molecule has 3 heterocycles. The van der Waals surface area contributed by atoms with E-state index in [1.165, 1.54) is 6.20 Å². The minimum atomic E-state index is -0.565. The van der Waals surface area contributed by atoms with E-state index in [0.717, 1.165) is 15.3 Å². The maximum atomic E-state index is 13.5. The van der Waals surface area contributed by atoms with Crippen molar-refractivity contribution < 1.29 is 4.74 Å². The Balaban J connectivity index is 1.46. The molecule has 3 aromatic heterocycles. The second-order valence-corrected chi connectivity index (χ2v) is 8.85. The first-order chi connectivity index (χ1) is 18.0. The molecule has 0 unspecified atom stereocenters. The summed E-state index contributed by atoms with van der Waals surface area (Å²) in [5, 5.41) is 6.62. The number of benzene rings is 3. The Kier molecular flexibility index (Phi) is 5.54. The molecule has 3 aromatic carbocycles. The van der Waals surface area contributed by atoms with Gasteiger partial charge in [-0.1, -0.05) is 48.0 Å². The van der Waals surface area contributed by atoms with Crippen molar-refractivity contribution in [2.24, 2.45) is 7.05 Å². The van der Waals surface area contributed by atoms with Crippen molar-refractivity contribution in [2.45, 2.75) is 6.61 Å². The van der Waals surface area contributed by atoms with Gasteiger partial charge >= 0.3 is 5.69 Å². The lowest BCUT2D eigenvalue weighted by atomic mass is 10.0. The Morgan fingerprint density at radius 3 is 2.70 bits per heavy atom. The average Bonchev–Trinajstić information content (AvgIpc) is 3.32. The quantitative estimate of drug-likeness (QED) is 0.371. The topological polar surface area (TPSA) is 108 Å². The summed E-state index contributed by atoms with van der Waals surface area (Å²) in [6, 6.07) is 18.0. The van der Waals surface area contributed by atoms with E-state index in [2.05, 4.69) is 20.1 Å². The van der Waals surface area contributed by atoms with E-state index in [0.29, 0.717) is 44.3 Å². The van der Waals surface area contributed by atoms with Gasteiger partial charge in [0.15, 0.2) is 5.82 Å². The van der Waals surface area contributed by atoms with E-state index >= 15 is 0 Å². The van der Waals surface area contributed by atoms with E-state index in [1.54, 1.807) is 60.7 Å². The summed E-state index contributed by atoms with van der Waals surface area (Å²) >= 11 is 6.56. The molecule has 0 saturated carbocycles. The van der Waals surface area contributed by atoms with E-state index in [1.807, 2.05) is 24.3 Å². The Hall–Kier alpha value is -4.76. The number of ether oxygens (including phenoxy) is 1. The van der Waals surface area contributed by atoms with Crippen molar-refractivity contribution in [1.29, 1.82) is 0 Å². The van der Waals surface area contributed by atoms with Crippen molar-refractivity contribution in [3.8, 4) is 22.6 Å². The molecular weight excluding hydrogens is 492 g/mol. The molecule has 9 nitrogen and oxygen atoms in total. The van der Waals surface area contributed by atoms with E-state index < -0.39 is 11.2 Å². The summed E-state index contributed by atoms with van der Waals surface area (Å²) in [5.41, 5.74) is 1.10. The van der Waals surface area contributed by atoms with Crippen LogP contribution in [0.15, 0.2) is 89.0 Å². The smallest absolute Gasteiger partial charge is 0.333 e. The number of nitrogens with zero attached hydrogens (tertiary/aromatic N) is 5. The van der Waals surface area contributed by atoms with E-state index in [-0.39, 0.29) is 6.61 Å². The Morgan fingerprint density at radius 1 is 1.00 bits per heavy atom. The fraction of sp³-hybridized carbons (Fsp3) is 0.0741. The maximum Gasteiger partial charge on any atom is 0.333 e. The molecule has 0 bridgehead atoms. The molecule has 10 heteroatoms. The Labute approximate surface area is 214 Å².